The van der Waals surface area contributed by atoms with Crippen LogP contribution in [0.25, 0.3) is 10.8 Å². The first-order chi connectivity index (χ1) is 13.4. The van der Waals surface area contributed by atoms with Gasteiger partial charge in [0.1, 0.15) is 4.21 Å². The predicted molar refractivity (Wildman–Crippen MR) is 110 cm³/mol. The minimum Gasteiger partial charge on any atom is -0.207 e. The van der Waals surface area contributed by atoms with Crippen molar-refractivity contribution < 1.29 is 16.8 Å². The van der Waals surface area contributed by atoms with Gasteiger partial charge in [0, 0.05) is 24.5 Å². The number of nitrogens with one attached hydrogen (secondary N) is 1. The van der Waals surface area contributed by atoms with E-state index < -0.39 is 20.0 Å². The minimum absolute atomic E-state index is 0.0509. The van der Waals surface area contributed by atoms with Crippen LogP contribution in [0.15, 0.2) is 63.7 Å². The van der Waals surface area contributed by atoms with Crippen molar-refractivity contribution in [3.05, 3.63) is 59.5 Å². The smallest absolute Gasteiger partial charge is 0.207 e. The van der Waals surface area contributed by atoms with Gasteiger partial charge in [0.25, 0.3) is 10.0 Å². The van der Waals surface area contributed by atoms with Gasteiger partial charge in [-0.05, 0) is 47.9 Å². The van der Waals surface area contributed by atoms with Crippen molar-refractivity contribution >= 4 is 42.2 Å². The van der Waals surface area contributed by atoms with Gasteiger partial charge >= 0.3 is 0 Å². The highest BCUT2D eigenvalue weighted by molar-refractivity contribution is 7.91. The Hall–Kier alpha value is -1.78. The molecular weight excluding hydrogens is 416 g/mol. The van der Waals surface area contributed by atoms with Crippen molar-refractivity contribution in [2.24, 2.45) is 0 Å². The van der Waals surface area contributed by atoms with E-state index in [1.54, 1.807) is 30.3 Å². The third kappa shape index (κ3) is 3.85. The molecule has 0 amide bonds. The molecule has 3 aromatic rings. The molecule has 148 valence electrons. The molecule has 0 aliphatic carbocycles. The van der Waals surface area contributed by atoms with E-state index in [0.717, 1.165) is 35.0 Å². The van der Waals surface area contributed by atoms with Crippen molar-refractivity contribution in [2.45, 2.75) is 28.5 Å². The van der Waals surface area contributed by atoms with E-state index >= 15 is 0 Å². The van der Waals surface area contributed by atoms with E-state index in [4.69, 9.17) is 0 Å². The Morgan fingerprint density at radius 2 is 1.61 bits per heavy atom. The summed E-state index contributed by atoms with van der Waals surface area (Å²) in [5.41, 5.74) is 0. The van der Waals surface area contributed by atoms with Gasteiger partial charge in [-0.3, -0.25) is 0 Å². The Morgan fingerprint density at radius 3 is 2.36 bits per heavy atom. The Morgan fingerprint density at radius 1 is 0.893 bits per heavy atom. The quantitative estimate of drug-likeness (QED) is 0.643. The Kier molecular flexibility index (Phi) is 5.28. The summed E-state index contributed by atoms with van der Waals surface area (Å²) in [4.78, 5) is 0.842. The first kappa shape index (κ1) is 19.5. The molecule has 0 unspecified atom stereocenters. The third-order valence-corrected chi connectivity index (χ3v) is 9.61. The van der Waals surface area contributed by atoms with E-state index in [9.17, 15) is 16.8 Å². The van der Waals surface area contributed by atoms with Gasteiger partial charge in [0.2, 0.25) is 10.0 Å². The lowest BCUT2D eigenvalue weighted by Crippen LogP contribution is -2.27. The molecule has 1 saturated heterocycles. The molecule has 0 bridgehead atoms. The summed E-state index contributed by atoms with van der Waals surface area (Å²) >= 11 is 1.11. The van der Waals surface area contributed by atoms with Crippen LogP contribution in [0, 0.1) is 0 Å². The predicted octanol–water partition coefficient (Wildman–Crippen LogP) is 3.16. The van der Waals surface area contributed by atoms with Crippen LogP contribution >= 0.6 is 11.3 Å². The fourth-order valence-corrected chi connectivity index (χ4v) is 7.33. The first-order valence-corrected chi connectivity index (χ1v) is 12.7. The SMILES string of the molecule is O=S(=O)(NCc1ccc(S(=O)(=O)N2CCCC2)s1)c1ccc2ccccc2c1. The molecule has 1 aliphatic heterocycles. The molecule has 2 heterocycles. The van der Waals surface area contributed by atoms with E-state index in [2.05, 4.69) is 4.72 Å². The molecule has 1 aromatic heterocycles. The Bertz CT molecular complexity index is 1210. The van der Waals surface area contributed by atoms with Crippen LogP contribution in [0.4, 0.5) is 0 Å². The summed E-state index contributed by atoms with van der Waals surface area (Å²) in [5.74, 6) is 0. The zero-order valence-electron chi connectivity index (χ0n) is 15.0. The van der Waals surface area contributed by atoms with Crippen molar-refractivity contribution in [2.75, 3.05) is 13.1 Å². The molecule has 0 radical (unpaired) electrons. The van der Waals surface area contributed by atoms with Crippen molar-refractivity contribution in [1.82, 2.24) is 9.03 Å². The molecule has 28 heavy (non-hydrogen) atoms. The second-order valence-electron chi connectivity index (χ2n) is 6.67. The fraction of sp³-hybridized carbons (Fsp3) is 0.263. The molecule has 4 rings (SSSR count). The maximum Gasteiger partial charge on any atom is 0.252 e. The number of hydrogen-bond acceptors (Lipinski definition) is 5. The van der Waals surface area contributed by atoms with Gasteiger partial charge in [0.15, 0.2) is 0 Å². The molecular formula is C19H20N2O4S3. The summed E-state index contributed by atoms with van der Waals surface area (Å²) in [6.07, 6.45) is 1.76. The lowest BCUT2D eigenvalue weighted by molar-refractivity contribution is 0.479. The Balaban J connectivity index is 1.50. The van der Waals surface area contributed by atoms with Crippen molar-refractivity contribution in [1.29, 1.82) is 0 Å². The molecule has 0 spiro atoms. The van der Waals surface area contributed by atoms with Crippen LogP contribution < -0.4 is 4.72 Å². The van der Waals surface area contributed by atoms with Gasteiger partial charge in [-0.2, -0.15) is 4.31 Å². The van der Waals surface area contributed by atoms with E-state index in [0.29, 0.717) is 18.0 Å². The summed E-state index contributed by atoms with van der Waals surface area (Å²) in [7, 11) is -7.17. The van der Waals surface area contributed by atoms with Gasteiger partial charge in [-0.1, -0.05) is 30.3 Å². The minimum atomic E-state index is -3.70. The number of nitrogens with zero attached hydrogens (tertiary/aromatic N) is 1. The highest BCUT2D eigenvalue weighted by Crippen LogP contribution is 2.27. The van der Waals surface area contributed by atoms with Gasteiger partial charge in [-0.25, -0.2) is 21.6 Å². The molecule has 0 atom stereocenters. The molecule has 1 N–H and O–H groups in total. The number of thiophene rings is 1. The maximum absolute atomic E-state index is 12.6. The van der Waals surface area contributed by atoms with Gasteiger partial charge < -0.3 is 0 Å². The Labute approximate surface area is 168 Å². The van der Waals surface area contributed by atoms with Crippen LogP contribution in [-0.4, -0.2) is 34.2 Å². The van der Waals surface area contributed by atoms with Crippen LogP contribution in [0.1, 0.15) is 17.7 Å². The van der Waals surface area contributed by atoms with Crippen molar-refractivity contribution in [3.8, 4) is 0 Å². The standard InChI is InChI=1S/C19H20N2O4S3/c22-27(23,18-9-7-15-5-1-2-6-16(15)13-18)20-14-17-8-10-19(26-17)28(24,25)21-11-3-4-12-21/h1-2,5-10,13,20H,3-4,11-12,14H2. The average molecular weight is 437 g/mol. The first-order valence-electron chi connectivity index (χ1n) is 8.94. The van der Waals surface area contributed by atoms with Crippen molar-refractivity contribution in [3.63, 3.8) is 0 Å². The molecule has 0 saturated carbocycles. The molecule has 1 fully saturated rings. The second-order valence-corrected chi connectivity index (χ2v) is 11.8. The lowest BCUT2D eigenvalue weighted by Gasteiger charge is -2.13. The third-order valence-electron chi connectivity index (χ3n) is 4.76. The number of benzene rings is 2. The summed E-state index contributed by atoms with van der Waals surface area (Å²) in [6.45, 7) is 1.14. The molecule has 6 nitrogen and oxygen atoms in total. The van der Waals surface area contributed by atoms with Crippen LogP contribution in [0.5, 0.6) is 0 Å². The molecule has 9 heteroatoms. The number of hydrogen-bond donors (Lipinski definition) is 1. The highest BCUT2D eigenvalue weighted by atomic mass is 32.2. The van der Waals surface area contributed by atoms with E-state index in [-0.39, 0.29) is 15.6 Å². The van der Waals surface area contributed by atoms with Crippen LogP contribution in [0.2, 0.25) is 0 Å². The largest absolute Gasteiger partial charge is 0.252 e. The molecule has 1 aliphatic rings. The summed E-state index contributed by atoms with van der Waals surface area (Å²) < 4.78 is 54.8. The zero-order chi connectivity index (χ0) is 19.8. The summed E-state index contributed by atoms with van der Waals surface area (Å²) in [6, 6.07) is 15.7. The normalized spacial score (nSPS) is 16.0. The van der Waals surface area contributed by atoms with E-state index in [1.807, 2.05) is 24.3 Å². The number of fused-ring (bicyclic) bond motifs is 1. The van der Waals surface area contributed by atoms with Gasteiger partial charge in [0.05, 0.1) is 4.90 Å². The monoisotopic (exact) mass is 436 g/mol. The van der Waals surface area contributed by atoms with Crippen LogP contribution in [0.3, 0.4) is 0 Å². The second kappa shape index (κ2) is 7.57. The van der Waals surface area contributed by atoms with E-state index in [1.165, 1.54) is 4.31 Å². The average Bonchev–Trinajstić information content (AvgIpc) is 3.38. The zero-order valence-corrected chi connectivity index (χ0v) is 17.5. The highest BCUT2D eigenvalue weighted by Gasteiger charge is 2.28. The summed E-state index contributed by atoms with van der Waals surface area (Å²) in [5, 5.41) is 1.82. The topological polar surface area (TPSA) is 83.5 Å². The molecule has 2 aromatic carbocycles. The lowest BCUT2D eigenvalue weighted by atomic mass is 10.1. The fourth-order valence-electron chi connectivity index (χ4n) is 3.23. The van der Waals surface area contributed by atoms with Crippen LogP contribution in [-0.2, 0) is 26.6 Å². The number of rotatable bonds is 6. The van der Waals surface area contributed by atoms with Gasteiger partial charge in [-0.15, -0.1) is 11.3 Å². The maximum atomic E-state index is 12.6. The number of sulfonamides is 2.